The third-order valence-corrected chi connectivity index (χ3v) is 2.77. The molecule has 0 aromatic heterocycles. The number of rotatable bonds is 4. The summed E-state index contributed by atoms with van der Waals surface area (Å²) < 4.78 is 0. The van der Waals surface area contributed by atoms with Gasteiger partial charge in [-0.25, -0.2) is 4.79 Å². The smallest absolute Gasteiger partial charge is 0.326 e. The lowest BCUT2D eigenvalue weighted by Gasteiger charge is -1.97. The number of imide groups is 1. The Morgan fingerprint density at radius 1 is 1.27 bits per heavy atom. The van der Waals surface area contributed by atoms with E-state index in [-0.39, 0.29) is 17.5 Å². The summed E-state index contributed by atoms with van der Waals surface area (Å²) in [5.74, 6) is -1.43. The fourth-order valence-electron chi connectivity index (χ4n) is 1.55. The van der Waals surface area contributed by atoms with Crippen LogP contribution >= 0.6 is 0 Å². The van der Waals surface area contributed by atoms with Crippen LogP contribution in [-0.2, 0) is 9.59 Å². The quantitative estimate of drug-likeness (QED) is 0.451. The molecular formula is C16H18N2O4. The highest BCUT2D eigenvalue weighted by molar-refractivity contribution is 6.13. The second-order valence-electron chi connectivity index (χ2n) is 4.64. The zero-order valence-corrected chi connectivity index (χ0v) is 12.2. The number of carbonyl (C=O) groups excluding carboxylic acids is 2. The Bertz CT molecular complexity index is 593. The van der Waals surface area contributed by atoms with Crippen LogP contribution in [-0.4, -0.2) is 23.0 Å². The second-order valence-corrected chi connectivity index (χ2v) is 4.64. The molecule has 1 aromatic rings. The highest BCUT2D eigenvalue weighted by Gasteiger charge is 2.22. The van der Waals surface area contributed by atoms with E-state index in [2.05, 4.69) is 17.2 Å². The molecule has 22 heavy (non-hydrogen) atoms. The Hall–Kier alpha value is -2.89. The lowest BCUT2D eigenvalue weighted by Crippen LogP contribution is -2.22. The normalized spacial score (nSPS) is 16.1. The van der Waals surface area contributed by atoms with Crippen LogP contribution in [0.4, 0.5) is 4.79 Å². The van der Waals surface area contributed by atoms with Gasteiger partial charge in [-0.2, -0.15) is 0 Å². The molecule has 6 heteroatoms. The van der Waals surface area contributed by atoms with Crippen LogP contribution in [0.5, 0.6) is 0 Å². The molecule has 116 valence electrons. The van der Waals surface area contributed by atoms with E-state index in [0.717, 1.165) is 5.56 Å². The number of hydrogen-bond donors (Lipinski definition) is 3. The fourth-order valence-corrected chi connectivity index (χ4v) is 1.55. The van der Waals surface area contributed by atoms with Gasteiger partial charge in [0, 0.05) is 0 Å². The molecule has 1 aromatic carbocycles. The average molecular weight is 302 g/mol. The lowest BCUT2D eigenvalue weighted by atomic mass is 10.1. The first-order valence-corrected chi connectivity index (χ1v) is 6.66. The maximum atomic E-state index is 11.1. The SMILES string of the molecule is C=CCC(C)C(=O)O.O=C1NC(=O)C(=Cc2ccccc2)N1. The highest BCUT2D eigenvalue weighted by Crippen LogP contribution is 2.07. The van der Waals surface area contributed by atoms with Crippen molar-refractivity contribution in [3.05, 3.63) is 54.2 Å². The van der Waals surface area contributed by atoms with Gasteiger partial charge in [-0.15, -0.1) is 6.58 Å². The van der Waals surface area contributed by atoms with E-state index in [1.165, 1.54) is 0 Å². The van der Waals surface area contributed by atoms with Gasteiger partial charge in [0.2, 0.25) is 0 Å². The summed E-state index contributed by atoms with van der Waals surface area (Å²) in [7, 11) is 0. The Labute approximate surface area is 128 Å². The van der Waals surface area contributed by atoms with Gasteiger partial charge in [0.1, 0.15) is 5.70 Å². The third-order valence-electron chi connectivity index (χ3n) is 2.77. The predicted molar refractivity (Wildman–Crippen MR) is 82.7 cm³/mol. The number of hydrogen-bond acceptors (Lipinski definition) is 3. The van der Waals surface area contributed by atoms with Crippen LogP contribution in [0.3, 0.4) is 0 Å². The maximum Gasteiger partial charge on any atom is 0.326 e. The highest BCUT2D eigenvalue weighted by atomic mass is 16.4. The van der Waals surface area contributed by atoms with Crippen molar-refractivity contribution < 1.29 is 19.5 Å². The van der Waals surface area contributed by atoms with Crippen molar-refractivity contribution in [1.29, 1.82) is 0 Å². The molecule has 1 fully saturated rings. The average Bonchev–Trinajstić information content (AvgIpc) is 2.79. The van der Waals surface area contributed by atoms with Crippen LogP contribution in [0, 0.1) is 5.92 Å². The van der Waals surface area contributed by atoms with Gasteiger partial charge in [-0.1, -0.05) is 43.3 Å². The molecule has 3 amide bonds. The molecule has 0 radical (unpaired) electrons. The van der Waals surface area contributed by atoms with E-state index in [1.54, 1.807) is 19.1 Å². The van der Waals surface area contributed by atoms with Crippen molar-refractivity contribution in [2.75, 3.05) is 0 Å². The van der Waals surface area contributed by atoms with E-state index < -0.39 is 12.0 Å². The van der Waals surface area contributed by atoms with E-state index in [1.807, 2.05) is 30.3 Å². The number of carboxylic acids is 1. The Balaban J connectivity index is 0.000000261. The monoisotopic (exact) mass is 302 g/mol. The molecule has 0 saturated carbocycles. The van der Waals surface area contributed by atoms with Gasteiger partial charge in [0.25, 0.3) is 5.91 Å². The molecule has 0 bridgehead atoms. The number of urea groups is 1. The molecule has 1 atom stereocenters. The van der Waals surface area contributed by atoms with Crippen molar-refractivity contribution in [3.8, 4) is 0 Å². The number of carbonyl (C=O) groups is 3. The van der Waals surface area contributed by atoms with Crippen molar-refractivity contribution in [1.82, 2.24) is 10.6 Å². The van der Waals surface area contributed by atoms with Crippen molar-refractivity contribution in [2.45, 2.75) is 13.3 Å². The predicted octanol–water partition coefficient (Wildman–Crippen LogP) is 2.15. The van der Waals surface area contributed by atoms with Gasteiger partial charge in [-0.05, 0) is 18.1 Å². The zero-order valence-electron chi connectivity index (χ0n) is 12.2. The first-order chi connectivity index (χ1) is 10.4. The molecule has 1 unspecified atom stereocenters. The van der Waals surface area contributed by atoms with Crippen LogP contribution < -0.4 is 10.6 Å². The van der Waals surface area contributed by atoms with Crippen LogP contribution in [0.25, 0.3) is 6.08 Å². The van der Waals surface area contributed by atoms with Crippen LogP contribution in [0.15, 0.2) is 48.7 Å². The van der Waals surface area contributed by atoms with Gasteiger partial charge in [0.15, 0.2) is 0 Å². The molecule has 1 aliphatic rings. The van der Waals surface area contributed by atoms with Gasteiger partial charge < -0.3 is 10.4 Å². The summed E-state index contributed by atoms with van der Waals surface area (Å²) in [4.78, 5) is 31.9. The van der Waals surface area contributed by atoms with Gasteiger partial charge in [0.05, 0.1) is 5.92 Å². The number of nitrogens with one attached hydrogen (secondary N) is 2. The van der Waals surface area contributed by atoms with E-state index in [9.17, 15) is 14.4 Å². The van der Waals surface area contributed by atoms with Gasteiger partial charge in [-0.3, -0.25) is 14.9 Å². The molecule has 0 aliphatic carbocycles. The Kier molecular flexibility index (Phi) is 6.56. The molecular weight excluding hydrogens is 284 g/mol. The van der Waals surface area contributed by atoms with Crippen molar-refractivity contribution in [3.63, 3.8) is 0 Å². The number of amides is 3. The largest absolute Gasteiger partial charge is 0.481 e. The molecule has 2 rings (SSSR count). The lowest BCUT2D eigenvalue weighted by molar-refractivity contribution is -0.141. The first-order valence-electron chi connectivity index (χ1n) is 6.66. The molecule has 6 nitrogen and oxygen atoms in total. The fraction of sp³-hybridized carbons (Fsp3) is 0.188. The molecule has 1 heterocycles. The molecule has 1 saturated heterocycles. The zero-order chi connectivity index (χ0) is 16.5. The van der Waals surface area contributed by atoms with Crippen LogP contribution in [0.1, 0.15) is 18.9 Å². The summed E-state index contributed by atoms with van der Waals surface area (Å²) in [5, 5.41) is 12.8. The summed E-state index contributed by atoms with van der Waals surface area (Å²) in [6, 6.07) is 8.84. The summed E-state index contributed by atoms with van der Waals surface area (Å²) in [6.45, 7) is 5.08. The Morgan fingerprint density at radius 3 is 2.32 bits per heavy atom. The van der Waals surface area contributed by atoms with E-state index in [4.69, 9.17) is 5.11 Å². The molecule has 3 N–H and O–H groups in total. The number of allylic oxidation sites excluding steroid dienone is 1. The van der Waals surface area contributed by atoms with E-state index in [0.29, 0.717) is 6.42 Å². The number of aliphatic carboxylic acids is 1. The van der Waals surface area contributed by atoms with Crippen molar-refractivity contribution >= 4 is 24.0 Å². The number of benzene rings is 1. The van der Waals surface area contributed by atoms with Crippen LogP contribution in [0.2, 0.25) is 0 Å². The van der Waals surface area contributed by atoms with Gasteiger partial charge >= 0.3 is 12.0 Å². The Morgan fingerprint density at radius 2 is 1.91 bits per heavy atom. The standard InChI is InChI=1S/C10H8N2O2.C6H10O2/c13-9-8(11-10(14)12-9)6-7-4-2-1-3-5-7;1-3-4-5(2)6(7)8/h1-6H,(H2,11,12,13,14);3,5H,1,4H2,2H3,(H,7,8). The molecule has 1 aliphatic heterocycles. The molecule has 0 spiro atoms. The first kappa shape index (κ1) is 17.2. The number of carboxylic acid groups (broad SMARTS) is 1. The van der Waals surface area contributed by atoms with E-state index >= 15 is 0 Å². The second kappa shape index (κ2) is 8.41. The minimum atomic E-state index is -0.759. The third kappa shape index (κ3) is 5.62. The summed E-state index contributed by atoms with van der Waals surface area (Å²) >= 11 is 0. The minimum Gasteiger partial charge on any atom is -0.481 e. The van der Waals surface area contributed by atoms with Crippen molar-refractivity contribution in [2.24, 2.45) is 5.92 Å². The summed E-state index contributed by atoms with van der Waals surface area (Å²) in [5.41, 5.74) is 1.15. The topological polar surface area (TPSA) is 95.5 Å². The minimum absolute atomic E-state index is 0.279. The maximum absolute atomic E-state index is 11.1. The summed E-state index contributed by atoms with van der Waals surface area (Å²) in [6.07, 6.45) is 3.79.